The molecular weight excluding hydrogens is 342 g/mol. The van der Waals surface area contributed by atoms with Crippen LogP contribution in [0.25, 0.3) is 0 Å². The fourth-order valence-corrected chi connectivity index (χ4v) is 2.26. The fraction of sp³-hybridized carbons (Fsp3) is 0.222. The van der Waals surface area contributed by atoms with Gasteiger partial charge in [0.15, 0.2) is 6.61 Å². The summed E-state index contributed by atoms with van der Waals surface area (Å²) < 4.78 is 5.22. The lowest BCUT2D eigenvalue weighted by Crippen LogP contribution is -2.31. The Kier molecular flexibility index (Phi) is 8.46. The highest BCUT2D eigenvalue weighted by molar-refractivity contribution is 5.85. The summed E-state index contributed by atoms with van der Waals surface area (Å²) in [6, 6.07) is 15.5. The van der Waals surface area contributed by atoms with Crippen molar-refractivity contribution in [3.63, 3.8) is 0 Å². The molecule has 0 aliphatic carbocycles. The van der Waals surface area contributed by atoms with Gasteiger partial charge in [0.2, 0.25) is 5.91 Å². The van der Waals surface area contributed by atoms with E-state index in [0.717, 1.165) is 18.4 Å². The van der Waals surface area contributed by atoms with E-state index in [1.165, 1.54) is 11.1 Å². The van der Waals surface area contributed by atoms with Crippen LogP contribution >= 0.6 is 12.4 Å². The molecule has 0 atom stereocenters. The second-order valence-electron chi connectivity index (χ2n) is 5.46. The van der Waals surface area contributed by atoms with E-state index >= 15 is 0 Å². The van der Waals surface area contributed by atoms with Gasteiger partial charge in [-0.15, -0.1) is 12.4 Å². The van der Waals surface area contributed by atoms with Crippen LogP contribution in [0.4, 0.5) is 0 Å². The number of hydrogen-bond donors (Lipinski definition) is 3. The van der Waals surface area contributed by atoms with Crippen LogP contribution in [0.1, 0.15) is 16.7 Å². The van der Waals surface area contributed by atoms with Crippen molar-refractivity contribution in [3.8, 4) is 5.75 Å². The first-order chi connectivity index (χ1) is 11.6. The number of benzene rings is 2. The fourth-order valence-electron chi connectivity index (χ4n) is 2.26. The third-order valence-electron chi connectivity index (χ3n) is 3.56. The average molecular weight is 364 g/mol. The first-order valence-corrected chi connectivity index (χ1v) is 7.64. The lowest BCUT2D eigenvalue weighted by molar-refractivity contribution is -0.121. The zero-order chi connectivity index (χ0) is 17.4. The largest absolute Gasteiger partial charge is 0.484 e. The summed E-state index contributed by atoms with van der Waals surface area (Å²) in [5.41, 5.74) is 10.5. The summed E-state index contributed by atoms with van der Waals surface area (Å²) in [5.74, 6) is 5.00. The van der Waals surface area contributed by atoms with E-state index in [4.69, 9.17) is 16.3 Å². The van der Waals surface area contributed by atoms with Crippen LogP contribution in [0.3, 0.4) is 0 Å². The van der Waals surface area contributed by atoms with E-state index < -0.39 is 5.91 Å². The molecule has 0 aromatic heterocycles. The Bertz CT molecular complexity index is 688. The van der Waals surface area contributed by atoms with E-state index in [1.807, 2.05) is 48.5 Å². The van der Waals surface area contributed by atoms with Gasteiger partial charge >= 0.3 is 0 Å². The molecule has 0 saturated heterocycles. The Balaban J connectivity index is 0.00000312. The van der Waals surface area contributed by atoms with Crippen LogP contribution in [-0.4, -0.2) is 18.4 Å². The van der Waals surface area contributed by atoms with Crippen LogP contribution in [0, 0.1) is 0 Å². The molecule has 2 aromatic rings. The van der Waals surface area contributed by atoms with E-state index in [1.54, 1.807) is 0 Å². The maximum atomic E-state index is 11.2. The molecule has 0 heterocycles. The van der Waals surface area contributed by atoms with E-state index in [-0.39, 0.29) is 31.3 Å². The number of hydrazine groups is 1. The highest BCUT2D eigenvalue weighted by atomic mass is 35.5. The summed E-state index contributed by atoms with van der Waals surface area (Å²) in [4.78, 5) is 21.9. The maximum absolute atomic E-state index is 11.2. The minimum atomic E-state index is -0.494. The number of aryl methyl sites for hydroxylation is 2. The number of primary amides is 1. The van der Waals surface area contributed by atoms with Gasteiger partial charge < -0.3 is 10.5 Å². The quantitative estimate of drug-likeness (QED) is 0.373. The van der Waals surface area contributed by atoms with Gasteiger partial charge in [0, 0.05) is 0 Å². The minimum absolute atomic E-state index is 0. The molecule has 2 aromatic carbocycles. The molecule has 0 unspecified atom stereocenters. The number of carbonyl (C=O) groups excluding carboxylic acids is 2. The van der Waals surface area contributed by atoms with Crippen LogP contribution in [0.5, 0.6) is 5.75 Å². The molecular formula is C18H22ClN3O3. The van der Waals surface area contributed by atoms with Crippen molar-refractivity contribution in [2.45, 2.75) is 19.3 Å². The van der Waals surface area contributed by atoms with Crippen molar-refractivity contribution < 1.29 is 14.3 Å². The van der Waals surface area contributed by atoms with Crippen molar-refractivity contribution in [3.05, 3.63) is 65.2 Å². The Labute approximate surface area is 152 Å². The molecule has 0 spiro atoms. The molecule has 25 heavy (non-hydrogen) atoms. The standard InChI is InChI=1S/C18H21N3O3.ClH/c19-17(22)12-24-16-9-7-14(8-10-16)2-1-13-3-5-15(6-4-13)11-18(23)21-20;/h3-10H,1-2,11-12,20H2,(H2,19,22)(H,21,23);1H. The highest BCUT2D eigenvalue weighted by Gasteiger charge is 2.02. The van der Waals surface area contributed by atoms with Crippen LogP contribution < -0.4 is 21.7 Å². The second-order valence-corrected chi connectivity index (χ2v) is 5.46. The van der Waals surface area contributed by atoms with Crippen molar-refractivity contribution in [2.24, 2.45) is 11.6 Å². The van der Waals surface area contributed by atoms with Gasteiger partial charge in [-0.1, -0.05) is 36.4 Å². The number of nitrogens with two attached hydrogens (primary N) is 2. The molecule has 7 heteroatoms. The molecule has 0 radical (unpaired) electrons. The SMILES string of the molecule is Cl.NNC(=O)Cc1ccc(CCc2ccc(OCC(N)=O)cc2)cc1. The van der Waals surface area contributed by atoms with Gasteiger partial charge in [-0.25, -0.2) is 5.84 Å². The monoisotopic (exact) mass is 363 g/mol. The molecule has 0 fully saturated rings. The summed E-state index contributed by atoms with van der Waals surface area (Å²) in [6.07, 6.45) is 2.06. The Hall–Kier alpha value is -2.57. The van der Waals surface area contributed by atoms with E-state index in [9.17, 15) is 9.59 Å². The average Bonchev–Trinajstić information content (AvgIpc) is 2.60. The predicted molar refractivity (Wildman–Crippen MR) is 98.3 cm³/mol. The number of ether oxygens (including phenoxy) is 1. The predicted octanol–water partition coefficient (Wildman–Crippen LogP) is 1.29. The van der Waals surface area contributed by atoms with Crippen molar-refractivity contribution in [1.82, 2.24) is 5.43 Å². The smallest absolute Gasteiger partial charge is 0.255 e. The van der Waals surface area contributed by atoms with E-state index in [0.29, 0.717) is 5.75 Å². The molecule has 134 valence electrons. The van der Waals surface area contributed by atoms with Crippen molar-refractivity contribution in [2.75, 3.05) is 6.61 Å². The summed E-state index contributed by atoms with van der Waals surface area (Å²) in [5, 5.41) is 0. The van der Waals surface area contributed by atoms with Gasteiger partial charge in [-0.3, -0.25) is 15.0 Å². The number of amides is 2. The van der Waals surface area contributed by atoms with Crippen LogP contribution in [0.2, 0.25) is 0 Å². The summed E-state index contributed by atoms with van der Waals surface area (Å²) in [6.45, 7) is -0.117. The Morgan fingerprint density at radius 2 is 1.36 bits per heavy atom. The van der Waals surface area contributed by atoms with Crippen molar-refractivity contribution >= 4 is 24.2 Å². The molecule has 2 amide bonds. The number of hydrogen-bond acceptors (Lipinski definition) is 4. The first-order valence-electron chi connectivity index (χ1n) is 7.64. The summed E-state index contributed by atoms with van der Waals surface area (Å²) in [7, 11) is 0. The Morgan fingerprint density at radius 3 is 1.84 bits per heavy atom. The topological polar surface area (TPSA) is 107 Å². The third-order valence-corrected chi connectivity index (χ3v) is 3.56. The molecule has 2 rings (SSSR count). The number of carbonyl (C=O) groups is 2. The zero-order valence-electron chi connectivity index (χ0n) is 13.7. The zero-order valence-corrected chi connectivity index (χ0v) is 14.6. The van der Waals surface area contributed by atoms with Gasteiger partial charge in [-0.2, -0.15) is 0 Å². The maximum Gasteiger partial charge on any atom is 0.255 e. The number of halogens is 1. The number of rotatable bonds is 8. The van der Waals surface area contributed by atoms with Crippen molar-refractivity contribution in [1.29, 1.82) is 0 Å². The summed E-state index contributed by atoms with van der Waals surface area (Å²) >= 11 is 0. The second kappa shape index (κ2) is 10.3. The molecule has 0 saturated carbocycles. The minimum Gasteiger partial charge on any atom is -0.484 e. The third kappa shape index (κ3) is 7.24. The molecule has 5 N–H and O–H groups in total. The Morgan fingerprint density at radius 1 is 0.880 bits per heavy atom. The lowest BCUT2D eigenvalue weighted by atomic mass is 10.0. The first kappa shape index (κ1) is 20.5. The van der Waals surface area contributed by atoms with Gasteiger partial charge in [0.1, 0.15) is 5.75 Å². The van der Waals surface area contributed by atoms with Crippen LogP contribution in [-0.2, 0) is 28.9 Å². The molecule has 0 bridgehead atoms. The van der Waals surface area contributed by atoms with Gasteiger partial charge in [-0.05, 0) is 41.7 Å². The molecule has 0 aliphatic rings. The molecule has 6 nitrogen and oxygen atoms in total. The van der Waals surface area contributed by atoms with Gasteiger partial charge in [0.25, 0.3) is 5.91 Å². The van der Waals surface area contributed by atoms with E-state index in [2.05, 4.69) is 5.43 Å². The van der Waals surface area contributed by atoms with Gasteiger partial charge in [0.05, 0.1) is 6.42 Å². The van der Waals surface area contributed by atoms with Crippen LogP contribution in [0.15, 0.2) is 48.5 Å². The normalized spacial score (nSPS) is 9.80. The molecule has 0 aliphatic heterocycles. The lowest BCUT2D eigenvalue weighted by Gasteiger charge is -2.06. The number of nitrogens with one attached hydrogen (secondary N) is 1. The highest BCUT2D eigenvalue weighted by Crippen LogP contribution is 2.14.